The quantitative estimate of drug-likeness (QED) is 0.937. The molecule has 1 fully saturated rings. The number of hydrogen-bond acceptors (Lipinski definition) is 4. The normalized spacial score (nSPS) is 17.8. The van der Waals surface area contributed by atoms with E-state index in [1.165, 1.54) is 11.3 Å². The summed E-state index contributed by atoms with van der Waals surface area (Å²) in [5, 5.41) is 5.77. The van der Waals surface area contributed by atoms with Gasteiger partial charge in [0, 0.05) is 29.1 Å². The summed E-state index contributed by atoms with van der Waals surface area (Å²) in [6.07, 6.45) is 0.197. The first-order valence-corrected chi connectivity index (χ1v) is 8.07. The molecule has 1 aliphatic heterocycles. The highest BCUT2D eigenvalue weighted by molar-refractivity contribution is 7.13. The number of aryl methyl sites for hydroxylation is 1. The summed E-state index contributed by atoms with van der Waals surface area (Å²) in [5.74, 6) is -0.624. The monoisotopic (exact) mass is 335 g/mol. The van der Waals surface area contributed by atoms with Gasteiger partial charge in [-0.15, -0.1) is 11.3 Å². The molecule has 1 aromatic carbocycles. The van der Waals surface area contributed by atoms with Crippen molar-refractivity contribution in [3.05, 3.63) is 40.4 Å². The fourth-order valence-electron chi connectivity index (χ4n) is 2.40. The number of carbonyl (C=O) groups is 2. The van der Waals surface area contributed by atoms with Crippen molar-refractivity contribution < 1.29 is 9.59 Å². The van der Waals surface area contributed by atoms with E-state index in [1.807, 2.05) is 18.4 Å². The molecule has 2 aromatic rings. The molecule has 114 valence electrons. The molecule has 0 spiro atoms. The molecule has 2 heterocycles. The second kappa shape index (κ2) is 6.06. The smallest absolute Gasteiger partial charge is 0.231 e. The van der Waals surface area contributed by atoms with E-state index in [4.69, 9.17) is 11.6 Å². The van der Waals surface area contributed by atoms with E-state index < -0.39 is 0 Å². The molecule has 0 bridgehead atoms. The summed E-state index contributed by atoms with van der Waals surface area (Å²) >= 11 is 7.33. The number of benzene rings is 1. The van der Waals surface area contributed by atoms with Crippen molar-refractivity contribution in [1.82, 2.24) is 4.98 Å². The number of nitrogens with zero attached hydrogens (tertiary/aromatic N) is 2. The van der Waals surface area contributed by atoms with E-state index in [-0.39, 0.29) is 24.2 Å². The number of hydrogen-bond donors (Lipinski definition) is 1. The molecule has 22 heavy (non-hydrogen) atoms. The molecule has 3 rings (SSSR count). The van der Waals surface area contributed by atoms with E-state index in [9.17, 15) is 9.59 Å². The maximum Gasteiger partial charge on any atom is 0.231 e. The van der Waals surface area contributed by atoms with Gasteiger partial charge in [-0.25, -0.2) is 4.98 Å². The molecule has 1 N–H and O–H groups in total. The van der Waals surface area contributed by atoms with Gasteiger partial charge in [0.2, 0.25) is 11.8 Å². The van der Waals surface area contributed by atoms with Crippen molar-refractivity contribution in [1.29, 1.82) is 0 Å². The lowest BCUT2D eigenvalue weighted by molar-refractivity contribution is -0.122. The van der Waals surface area contributed by atoms with Gasteiger partial charge in [0.1, 0.15) is 0 Å². The molecule has 7 heteroatoms. The summed E-state index contributed by atoms with van der Waals surface area (Å²) in [6.45, 7) is 2.22. The third-order valence-electron chi connectivity index (χ3n) is 3.46. The van der Waals surface area contributed by atoms with Crippen LogP contribution in [-0.2, 0) is 9.59 Å². The lowest BCUT2D eigenvalue weighted by Gasteiger charge is -2.16. The van der Waals surface area contributed by atoms with Gasteiger partial charge in [0.15, 0.2) is 5.13 Å². The van der Waals surface area contributed by atoms with E-state index in [0.29, 0.717) is 16.7 Å². The van der Waals surface area contributed by atoms with Crippen LogP contribution in [0.1, 0.15) is 12.1 Å². The number of nitrogens with one attached hydrogen (secondary N) is 1. The van der Waals surface area contributed by atoms with Gasteiger partial charge in [0.25, 0.3) is 0 Å². The Kier molecular flexibility index (Phi) is 4.13. The summed E-state index contributed by atoms with van der Waals surface area (Å²) < 4.78 is 0. The topological polar surface area (TPSA) is 62.3 Å². The van der Waals surface area contributed by atoms with Crippen molar-refractivity contribution >= 4 is 45.6 Å². The van der Waals surface area contributed by atoms with Crippen LogP contribution in [0.15, 0.2) is 29.6 Å². The lowest BCUT2D eigenvalue weighted by Crippen LogP contribution is -2.28. The number of amides is 2. The molecule has 2 amide bonds. The van der Waals surface area contributed by atoms with Crippen LogP contribution in [0.2, 0.25) is 5.02 Å². The standard InChI is InChI=1S/C15H14ClN3O2S/c1-9-8-22-15(17-9)18-14(21)10-5-13(20)19(7-10)12-4-2-3-11(16)6-12/h2-4,6,8,10H,5,7H2,1H3,(H,17,18,21). The van der Waals surface area contributed by atoms with Crippen molar-refractivity contribution in [2.75, 3.05) is 16.8 Å². The molecule has 0 aliphatic carbocycles. The molecule has 5 nitrogen and oxygen atoms in total. The van der Waals surface area contributed by atoms with Crippen LogP contribution in [0, 0.1) is 12.8 Å². The van der Waals surface area contributed by atoms with E-state index in [2.05, 4.69) is 10.3 Å². The Hall–Kier alpha value is -1.92. The van der Waals surface area contributed by atoms with Crippen molar-refractivity contribution in [2.24, 2.45) is 5.92 Å². The van der Waals surface area contributed by atoms with Gasteiger partial charge in [-0.3, -0.25) is 9.59 Å². The second-order valence-electron chi connectivity index (χ2n) is 5.17. The average Bonchev–Trinajstić information content (AvgIpc) is 3.05. The molecule has 1 atom stereocenters. The third-order valence-corrected chi connectivity index (χ3v) is 4.58. The Labute approximate surface area is 136 Å². The molecular weight excluding hydrogens is 322 g/mol. The summed E-state index contributed by atoms with van der Waals surface area (Å²) in [5.41, 5.74) is 1.58. The number of thiazole rings is 1. The lowest BCUT2D eigenvalue weighted by atomic mass is 10.1. The highest BCUT2D eigenvalue weighted by Crippen LogP contribution is 2.28. The number of anilines is 2. The van der Waals surface area contributed by atoms with Crippen molar-refractivity contribution in [3.63, 3.8) is 0 Å². The Morgan fingerprint density at radius 1 is 1.50 bits per heavy atom. The Balaban J connectivity index is 1.70. The van der Waals surface area contributed by atoms with Crippen LogP contribution in [0.25, 0.3) is 0 Å². The maximum atomic E-state index is 12.3. The predicted octanol–water partition coefficient (Wildman–Crippen LogP) is 3.10. The first-order valence-electron chi connectivity index (χ1n) is 6.82. The van der Waals surface area contributed by atoms with Crippen molar-refractivity contribution in [3.8, 4) is 0 Å². The summed E-state index contributed by atoms with van der Waals surface area (Å²) in [7, 11) is 0. The van der Waals surface area contributed by atoms with Crippen LogP contribution in [0.5, 0.6) is 0 Å². The molecular formula is C15H14ClN3O2S. The highest BCUT2D eigenvalue weighted by atomic mass is 35.5. The van der Waals surface area contributed by atoms with E-state index >= 15 is 0 Å². The molecule has 1 aliphatic rings. The van der Waals surface area contributed by atoms with Crippen LogP contribution >= 0.6 is 22.9 Å². The van der Waals surface area contributed by atoms with Gasteiger partial charge < -0.3 is 10.2 Å². The first-order chi connectivity index (χ1) is 10.5. The van der Waals surface area contributed by atoms with Crippen LogP contribution in [0.4, 0.5) is 10.8 Å². The minimum absolute atomic E-state index is 0.0715. The summed E-state index contributed by atoms with van der Waals surface area (Å²) in [4.78, 5) is 30.2. The highest BCUT2D eigenvalue weighted by Gasteiger charge is 2.35. The average molecular weight is 336 g/mol. The van der Waals surface area contributed by atoms with Crippen molar-refractivity contribution in [2.45, 2.75) is 13.3 Å². The minimum atomic E-state index is -0.379. The zero-order valence-electron chi connectivity index (χ0n) is 11.9. The van der Waals surface area contributed by atoms with Gasteiger partial charge >= 0.3 is 0 Å². The van der Waals surface area contributed by atoms with Crippen LogP contribution in [-0.4, -0.2) is 23.3 Å². The molecule has 0 radical (unpaired) electrons. The van der Waals surface area contributed by atoms with Crippen LogP contribution in [0.3, 0.4) is 0 Å². The SMILES string of the molecule is Cc1csc(NC(=O)C2CC(=O)N(c3cccc(Cl)c3)C2)n1. The fraction of sp³-hybridized carbons (Fsp3) is 0.267. The Morgan fingerprint density at radius 2 is 2.32 bits per heavy atom. The number of aromatic nitrogens is 1. The van der Waals surface area contributed by atoms with Gasteiger partial charge in [0.05, 0.1) is 11.6 Å². The molecule has 1 aromatic heterocycles. The molecule has 0 saturated carbocycles. The zero-order chi connectivity index (χ0) is 15.7. The summed E-state index contributed by atoms with van der Waals surface area (Å²) in [6, 6.07) is 7.08. The van der Waals surface area contributed by atoms with Crippen LogP contribution < -0.4 is 10.2 Å². The maximum absolute atomic E-state index is 12.3. The molecule has 1 unspecified atom stereocenters. The van der Waals surface area contributed by atoms with Gasteiger partial charge in [-0.1, -0.05) is 17.7 Å². The molecule has 1 saturated heterocycles. The minimum Gasteiger partial charge on any atom is -0.312 e. The largest absolute Gasteiger partial charge is 0.312 e. The fourth-order valence-corrected chi connectivity index (χ4v) is 3.27. The Bertz CT molecular complexity index is 731. The van der Waals surface area contributed by atoms with Gasteiger partial charge in [-0.2, -0.15) is 0 Å². The van der Waals surface area contributed by atoms with E-state index in [0.717, 1.165) is 11.4 Å². The number of halogens is 1. The second-order valence-corrected chi connectivity index (χ2v) is 6.46. The number of rotatable bonds is 3. The zero-order valence-corrected chi connectivity index (χ0v) is 13.4. The van der Waals surface area contributed by atoms with Gasteiger partial charge in [-0.05, 0) is 25.1 Å². The predicted molar refractivity (Wildman–Crippen MR) is 87.4 cm³/mol. The Morgan fingerprint density at radius 3 is 3.00 bits per heavy atom. The number of carbonyl (C=O) groups excluding carboxylic acids is 2. The first kappa shape index (κ1) is 15.0. The third kappa shape index (κ3) is 3.13. The van der Waals surface area contributed by atoms with E-state index in [1.54, 1.807) is 23.1 Å².